The van der Waals surface area contributed by atoms with Gasteiger partial charge in [-0.2, -0.15) is 0 Å². The minimum Gasteiger partial charge on any atom is -0.313 e. The predicted octanol–water partition coefficient (Wildman–Crippen LogP) is 1.79. The minimum absolute atomic E-state index is 0.679. The monoisotopic (exact) mass is 241 g/mol. The Labute approximate surface area is 108 Å². The van der Waals surface area contributed by atoms with Crippen molar-refractivity contribution < 1.29 is 0 Å². The molecule has 0 spiro atoms. The zero-order chi connectivity index (χ0) is 12.7. The lowest BCUT2D eigenvalue weighted by molar-refractivity contribution is 0.246. The first-order valence-corrected chi connectivity index (χ1v) is 7.25. The third-order valence-corrected chi connectivity index (χ3v) is 3.92. The van der Waals surface area contributed by atoms with E-state index in [9.17, 15) is 0 Å². The second kappa shape index (κ2) is 8.06. The molecule has 0 saturated carbocycles. The Bertz CT molecular complexity index is 194. The van der Waals surface area contributed by atoms with E-state index in [2.05, 4.69) is 42.9 Å². The molecule has 0 aromatic rings. The maximum absolute atomic E-state index is 3.55. The minimum atomic E-state index is 0.679. The lowest BCUT2D eigenvalue weighted by atomic mass is 10.2. The smallest absolute Gasteiger partial charge is 0.0107 e. The van der Waals surface area contributed by atoms with Crippen LogP contribution in [0.15, 0.2) is 0 Å². The standard InChI is InChI=1S/C14H31N3/c1-13(2)16(4)9-5-6-10-17-11-7-14(3)15-8-12-17/h13-15H,5-12H2,1-4H3. The molecule has 102 valence electrons. The van der Waals surface area contributed by atoms with E-state index in [1.54, 1.807) is 0 Å². The number of nitrogens with one attached hydrogen (secondary N) is 1. The molecule has 1 fully saturated rings. The highest BCUT2D eigenvalue weighted by atomic mass is 15.2. The van der Waals surface area contributed by atoms with Crippen LogP contribution in [0.4, 0.5) is 0 Å². The molecule has 1 saturated heterocycles. The molecule has 1 aliphatic rings. The SMILES string of the molecule is CC1CCN(CCCCN(C)C(C)C)CCN1. The molecule has 1 aliphatic heterocycles. The van der Waals surface area contributed by atoms with Crippen molar-refractivity contribution in [3.63, 3.8) is 0 Å². The molecule has 0 bridgehead atoms. The Kier molecular flexibility index (Phi) is 7.09. The molecule has 1 N–H and O–H groups in total. The maximum Gasteiger partial charge on any atom is 0.0107 e. The van der Waals surface area contributed by atoms with E-state index < -0.39 is 0 Å². The van der Waals surface area contributed by atoms with E-state index in [0.717, 1.165) is 6.54 Å². The average Bonchev–Trinajstić information content (AvgIpc) is 2.49. The molecule has 0 amide bonds. The molecule has 3 heteroatoms. The summed E-state index contributed by atoms with van der Waals surface area (Å²) in [4.78, 5) is 5.05. The highest BCUT2D eigenvalue weighted by Crippen LogP contribution is 2.04. The van der Waals surface area contributed by atoms with Crippen LogP contribution in [0, 0.1) is 0 Å². The van der Waals surface area contributed by atoms with Gasteiger partial charge >= 0.3 is 0 Å². The Morgan fingerprint density at radius 3 is 2.76 bits per heavy atom. The van der Waals surface area contributed by atoms with Crippen LogP contribution in [-0.2, 0) is 0 Å². The van der Waals surface area contributed by atoms with Crippen LogP contribution in [0.1, 0.15) is 40.0 Å². The summed E-state index contributed by atoms with van der Waals surface area (Å²) in [6.45, 7) is 13.0. The van der Waals surface area contributed by atoms with Crippen molar-refractivity contribution in [1.29, 1.82) is 0 Å². The number of unbranched alkanes of at least 4 members (excludes halogenated alkanes) is 1. The van der Waals surface area contributed by atoms with Gasteiger partial charge in [-0.15, -0.1) is 0 Å². The van der Waals surface area contributed by atoms with Gasteiger partial charge in [0, 0.05) is 25.2 Å². The molecule has 0 aliphatic carbocycles. The van der Waals surface area contributed by atoms with Crippen LogP contribution in [-0.4, -0.2) is 61.7 Å². The number of hydrogen-bond donors (Lipinski definition) is 1. The first-order chi connectivity index (χ1) is 8.09. The Morgan fingerprint density at radius 2 is 2.06 bits per heavy atom. The van der Waals surface area contributed by atoms with Gasteiger partial charge in [-0.3, -0.25) is 0 Å². The molecule has 0 aromatic carbocycles. The van der Waals surface area contributed by atoms with Gasteiger partial charge < -0.3 is 15.1 Å². The van der Waals surface area contributed by atoms with Gasteiger partial charge in [-0.05, 0) is 66.7 Å². The Balaban J connectivity index is 2.06. The van der Waals surface area contributed by atoms with Crippen molar-refractivity contribution in [1.82, 2.24) is 15.1 Å². The number of nitrogens with zero attached hydrogens (tertiary/aromatic N) is 2. The van der Waals surface area contributed by atoms with E-state index >= 15 is 0 Å². The van der Waals surface area contributed by atoms with Crippen molar-refractivity contribution in [2.75, 3.05) is 39.8 Å². The lowest BCUT2D eigenvalue weighted by Crippen LogP contribution is -2.31. The zero-order valence-corrected chi connectivity index (χ0v) is 12.2. The van der Waals surface area contributed by atoms with Crippen molar-refractivity contribution in [2.24, 2.45) is 0 Å². The molecule has 0 radical (unpaired) electrons. The topological polar surface area (TPSA) is 18.5 Å². The second-order valence-electron chi connectivity index (χ2n) is 5.77. The molecule has 1 heterocycles. The average molecular weight is 241 g/mol. The van der Waals surface area contributed by atoms with Crippen LogP contribution in [0.2, 0.25) is 0 Å². The lowest BCUT2D eigenvalue weighted by Gasteiger charge is -2.22. The van der Waals surface area contributed by atoms with E-state index in [-0.39, 0.29) is 0 Å². The third kappa shape index (κ3) is 6.39. The molecule has 1 atom stereocenters. The third-order valence-electron chi connectivity index (χ3n) is 3.92. The van der Waals surface area contributed by atoms with Gasteiger partial charge in [0.25, 0.3) is 0 Å². The summed E-state index contributed by atoms with van der Waals surface area (Å²) in [5.74, 6) is 0. The summed E-state index contributed by atoms with van der Waals surface area (Å²) in [6.07, 6.45) is 3.96. The summed E-state index contributed by atoms with van der Waals surface area (Å²) in [5, 5.41) is 3.55. The summed E-state index contributed by atoms with van der Waals surface area (Å²) in [6, 6.07) is 1.38. The molecule has 17 heavy (non-hydrogen) atoms. The molecule has 0 aromatic heterocycles. The summed E-state index contributed by atoms with van der Waals surface area (Å²) < 4.78 is 0. The Morgan fingerprint density at radius 1 is 1.29 bits per heavy atom. The van der Waals surface area contributed by atoms with Gasteiger partial charge in [0.2, 0.25) is 0 Å². The number of rotatable bonds is 6. The Hall–Kier alpha value is -0.120. The molecular weight excluding hydrogens is 210 g/mol. The maximum atomic E-state index is 3.55. The quantitative estimate of drug-likeness (QED) is 0.715. The van der Waals surface area contributed by atoms with Crippen molar-refractivity contribution in [3.8, 4) is 0 Å². The fourth-order valence-electron chi connectivity index (χ4n) is 2.24. The zero-order valence-electron chi connectivity index (χ0n) is 12.2. The van der Waals surface area contributed by atoms with E-state index in [1.165, 1.54) is 45.4 Å². The van der Waals surface area contributed by atoms with Gasteiger partial charge in [0.15, 0.2) is 0 Å². The van der Waals surface area contributed by atoms with Gasteiger partial charge in [-0.25, -0.2) is 0 Å². The van der Waals surface area contributed by atoms with E-state index in [1.807, 2.05) is 0 Å². The fraction of sp³-hybridized carbons (Fsp3) is 1.00. The van der Waals surface area contributed by atoms with E-state index in [4.69, 9.17) is 0 Å². The van der Waals surface area contributed by atoms with E-state index in [0.29, 0.717) is 12.1 Å². The van der Waals surface area contributed by atoms with Crippen molar-refractivity contribution >= 4 is 0 Å². The van der Waals surface area contributed by atoms with Crippen molar-refractivity contribution in [3.05, 3.63) is 0 Å². The van der Waals surface area contributed by atoms with Gasteiger partial charge in [0.05, 0.1) is 0 Å². The second-order valence-corrected chi connectivity index (χ2v) is 5.77. The first-order valence-electron chi connectivity index (χ1n) is 7.25. The largest absolute Gasteiger partial charge is 0.313 e. The fourth-order valence-corrected chi connectivity index (χ4v) is 2.24. The normalized spacial score (nSPS) is 23.3. The van der Waals surface area contributed by atoms with Crippen LogP contribution >= 0.6 is 0 Å². The number of hydrogen-bond acceptors (Lipinski definition) is 3. The highest BCUT2D eigenvalue weighted by Gasteiger charge is 2.12. The summed E-state index contributed by atoms with van der Waals surface area (Å²) in [5.41, 5.74) is 0. The highest BCUT2D eigenvalue weighted by molar-refractivity contribution is 4.71. The van der Waals surface area contributed by atoms with Gasteiger partial charge in [-0.1, -0.05) is 0 Å². The molecule has 1 unspecified atom stereocenters. The molecule has 3 nitrogen and oxygen atoms in total. The first kappa shape index (κ1) is 14.9. The summed E-state index contributed by atoms with van der Waals surface area (Å²) >= 11 is 0. The summed E-state index contributed by atoms with van der Waals surface area (Å²) in [7, 11) is 2.22. The van der Waals surface area contributed by atoms with Crippen LogP contribution < -0.4 is 5.32 Å². The van der Waals surface area contributed by atoms with Crippen LogP contribution in [0.5, 0.6) is 0 Å². The van der Waals surface area contributed by atoms with Crippen molar-refractivity contribution in [2.45, 2.75) is 52.1 Å². The van der Waals surface area contributed by atoms with Crippen LogP contribution in [0.3, 0.4) is 0 Å². The van der Waals surface area contributed by atoms with Crippen LogP contribution in [0.25, 0.3) is 0 Å². The molecular formula is C14H31N3. The molecule has 1 rings (SSSR count). The van der Waals surface area contributed by atoms with Gasteiger partial charge in [0.1, 0.15) is 0 Å². The predicted molar refractivity (Wildman–Crippen MR) is 75.5 cm³/mol.